The second-order valence-electron chi connectivity index (χ2n) is 6.26. The van der Waals surface area contributed by atoms with Crippen molar-refractivity contribution in [2.45, 2.75) is 25.8 Å². The summed E-state index contributed by atoms with van der Waals surface area (Å²) in [5.41, 5.74) is 1.82. The summed E-state index contributed by atoms with van der Waals surface area (Å²) in [5.74, 6) is -1.03. The highest BCUT2D eigenvalue weighted by Crippen LogP contribution is 2.24. The standard InChI is InChI=1S/C20H20N2O3/c1-13(15-8-4-3-5-9-15)12-21-18(23)14(2)22-19(24)16-10-6-7-11-17(16)20(22)25/h3-11,13-14H,12H2,1-2H3,(H,21,23). The SMILES string of the molecule is CC(CNC(=O)C(C)N1C(=O)c2ccccc2C1=O)c1ccccc1. The van der Waals surface area contributed by atoms with Crippen LogP contribution in [0.1, 0.15) is 46.0 Å². The van der Waals surface area contributed by atoms with Gasteiger partial charge in [0.15, 0.2) is 0 Å². The number of benzene rings is 2. The lowest BCUT2D eigenvalue weighted by molar-refractivity contribution is -0.124. The van der Waals surface area contributed by atoms with E-state index in [1.54, 1.807) is 31.2 Å². The van der Waals surface area contributed by atoms with Crippen LogP contribution >= 0.6 is 0 Å². The van der Waals surface area contributed by atoms with E-state index >= 15 is 0 Å². The quantitative estimate of drug-likeness (QED) is 0.854. The lowest BCUT2D eigenvalue weighted by atomic mass is 10.0. The Balaban J connectivity index is 1.65. The summed E-state index contributed by atoms with van der Waals surface area (Å²) in [7, 11) is 0. The zero-order valence-electron chi connectivity index (χ0n) is 14.2. The number of carbonyl (C=O) groups is 3. The number of rotatable bonds is 5. The molecule has 0 aromatic heterocycles. The Morgan fingerprint density at radius 3 is 2.00 bits per heavy atom. The second kappa shape index (κ2) is 6.89. The van der Waals surface area contributed by atoms with E-state index in [4.69, 9.17) is 0 Å². The van der Waals surface area contributed by atoms with Gasteiger partial charge in [-0.15, -0.1) is 0 Å². The number of imide groups is 1. The predicted molar refractivity (Wildman–Crippen MR) is 94.3 cm³/mol. The van der Waals surface area contributed by atoms with Crippen molar-refractivity contribution in [3.05, 3.63) is 71.3 Å². The van der Waals surface area contributed by atoms with E-state index in [1.807, 2.05) is 37.3 Å². The fourth-order valence-corrected chi connectivity index (χ4v) is 2.98. The van der Waals surface area contributed by atoms with Gasteiger partial charge in [0.25, 0.3) is 11.8 Å². The summed E-state index contributed by atoms with van der Waals surface area (Å²) in [5, 5.41) is 2.84. The minimum Gasteiger partial charge on any atom is -0.354 e. The number of hydrogen-bond acceptors (Lipinski definition) is 3. The first-order chi connectivity index (χ1) is 12.0. The molecule has 0 fully saturated rings. The molecule has 2 unspecified atom stereocenters. The number of hydrogen-bond donors (Lipinski definition) is 1. The minimum atomic E-state index is -0.852. The van der Waals surface area contributed by atoms with Crippen LogP contribution in [0.25, 0.3) is 0 Å². The minimum absolute atomic E-state index is 0.138. The van der Waals surface area contributed by atoms with Crippen LogP contribution in [0.5, 0.6) is 0 Å². The van der Waals surface area contributed by atoms with Gasteiger partial charge in [0.1, 0.15) is 6.04 Å². The maximum atomic E-state index is 12.5. The van der Waals surface area contributed by atoms with Crippen LogP contribution in [-0.2, 0) is 4.79 Å². The molecule has 5 heteroatoms. The van der Waals surface area contributed by atoms with Crippen molar-refractivity contribution in [2.24, 2.45) is 0 Å². The smallest absolute Gasteiger partial charge is 0.262 e. The molecule has 0 bridgehead atoms. The first-order valence-corrected chi connectivity index (χ1v) is 8.30. The van der Waals surface area contributed by atoms with Crippen LogP contribution in [-0.4, -0.2) is 35.2 Å². The zero-order chi connectivity index (χ0) is 18.0. The van der Waals surface area contributed by atoms with Crippen molar-refractivity contribution in [3.8, 4) is 0 Å². The molecule has 0 spiro atoms. The van der Waals surface area contributed by atoms with Gasteiger partial charge < -0.3 is 5.32 Å². The summed E-state index contributed by atoms with van der Waals surface area (Å²) in [6.45, 7) is 4.03. The van der Waals surface area contributed by atoms with Crippen molar-refractivity contribution in [3.63, 3.8) is 0 Å². The van der Waals surface area contributed by atoms with Crippen LogP contribution in [0.3, 0.4) is 0 Å². The molecule has 3 rings (SSSR count). The first kappa shape index (κ1) is 16.9. The number of fused-ring (bicyclic) bond motifs is 1. The Morgan fingerprint density at radius 1 is 0.920 bits per heavy atom. The first-order valence-electron chi connectivity index (χ1n) is 8.30. The lowest BCUT2D eigenvalue weighted by Crippen LogP contribution is -2.48. The molecule has 3 amide bonds. The van der Waals surface area contributed by atoms with Crippen molar-refractivity contribution >= 4 is 17.7 Å². The van der Waals surface area contributed by atoms with Crippen LogP contribution < -0.4 is 5.32 Å². The Bertz CT molecular complexity index is 782. The molecule has 2 atom stereocenters. The normalized spacial score (nSPS) is 15.7. The van der Waals surface area contributed by atoms with Gasteiger partial charge in [-0.2, -0.15) is 0 Å². The molecule has 1 aliphatic rings. The number of amides is 3. The number of nitrogens with zero attached hydrogens (tertiary/aromatic N) is 1. The third kappa shape index (κ3) is 3.18. The molecule has 0 radical (unpaired) electrons. The van der Waals surface area contributed by atoms with Gasteiger partial charge in [0, 0.05) is 6.54 Å². The second-order valence-corrected chi connectivity index (χ2v) is 6.26. The third-order valence-electron chi connectivity index (χ3n) is 4.54. The van der Waals surface area contributed by atoms with E-state index in [-0.39, 0.29) is 11.8 Å². The summed E-state index contributed by atoms with van der Waals surface area (Å²) >= 11 is 0. The van der Waals surface area contributed by atoms with Gasteiger partial charge in [-0.05, 0) is 30.5 Å². The molecular weight excluding hydrogens is 316 g/mol. The molecule has 0 saturated heterocycles. The van der Waals surface area contributed by atoms with Gasteiger partial charge >= 0.3 is 0 Å². The maximum absolute atomic E-state index is 12.5. The molecule has 2 aromatic rings. The van der Waals surface area contributed by atoms with Gasteiger partial charge in [-0.25, -0.2) is 0 Å². The van der Waals surface area contributed by atoms with Crippen molar-refractivity contribution in [1.82, 2.24) is 10.2 Å². The predicted octanol–water partition coefficient (Wildman–Crippen LogP) is 2.59. The van der Waals surface area contributed by atoms with E-state index < -0.39 is 17.9 Å². The van der Waals surface area contributed by atoms with Gasteiger partial charge in [-0.1, -0.05) is 49.4 Å². The van der Waals surface area contributed by atoms with E-state index in [0.29, 0.717) is 17.7 Å². The third-order valence-corrected chi connectivity index (χ3v) is 4.54. The van der Waals surface area contributed by atoms with E-state index in [2.05, 4.69) is 5.32 Å². The monoisotopic (exact) mass is 336 g/mol. The molecule has 5 nitrogen and oxygen atoms in total. The number of nitrogens with one attached hydrogen (secondary N) is 1. The van der Waals surface area contributed by atoms with Crippen LogP contribution in [0.2, 0.25) is 0 Å². The summed E-state index contributed by atoms with van der Waals surface area (Å²) < 4.78 is 0. The van der Waals surface area contributed by atoms with Gasteiger partial charge in [-0.3, -0.25) is 19.3 Å². The van der Waals surface area contributed by atoms with Crippen molar-refractivity contribution in [2.75, 3.05) is 6.54 Å². The fraction of sp³-hybridized carbons (Fsp3) is 0.250. The highest BCUT2D eigenvalue weighted by atomic mass is 16.2. The molecule has 25 heavy (non-hydrogen) atoms. The van der Waals surface area contributed by atoms with Crippen molar-refractivity contribution < 1.29 is 14.4 Å². The average molecular weight is 336 g/mol. The van der Waals surface area contributed by atoms with Gasteiger partial charge in [0.05, 0.1) is 11.1 Å². The van der Waals surface area contributed by atoms with Gasteiger partial charge in [0.2, 0.25) is 5.91 Å². The Kier molecular flexibility index (Phi) is 4.65. The Labute approximate surface area is 146 Å². The van der Waals surface area contributed by atoms with Crippen LogP contribution in [0, 0.1) is 0 Å². The van der Waals surface area contributed by atoms with E-state index in [9.17, 15) is 14.4 Å². The summed E-state index contributed by atoms with van der Waals surface area (Å²) in [6.07, 6.45) is 0. The molecule has 128 valence electrons. The summed E-state index contributed by atoms with van der Waals surface area (Å²) in [6, 6.07) is 15.6. The highest BCUT2D eigenvalue weighted by molar-refractivity contribution is 6.22. The average Bonchev–Trinajstić information content (AvgIpc) is 2.90. The molecule has 1 heterocycles. The Hall–Kier alpha value is -2.95. The van der Waals surface area contributed by atoms with E-state index in [0.717, 1.165) is 10.5 Å². The Morgan fingerprint density at radius 2 is 1.44 bits per heavy atom. The van der Waals surface area contributed by atoms with Crippen molar-refractivity contribution in [1.29, 1.82) is 0 Å². The van der Waals surface area contributed by atoms with Crippen LogP contribution in [0.15, 0.2) is 54.6 Å². The zero-order valence-corrected chi connectivity index (χ0v) is 14.2. The largest absolute Gasteiger partial charge is 0.354 e. The molecule has 1 N–H and O–H groups in total. The summed E-state index contributed by atoms with van der Waals surface area (Å²) in [4.78, 5) is 38.4. The maximum Gasteiger partial charge on any atom is 0.262 e. The molecule has 1 aliphatic heterocycles. The molecule has 0 aliphatic carbocycles. The fourth-order valence-electron chi connectivity index (χ4n) is 2.98. The van der Waals surface area contributed by atoms with Crippen LogP contribution in [0.4, 0.5) is 0 Å². The topological polar surface area (TPSA) is 66.5 Å². The molecule has 0 saturated carbocycles. The van der Waals surface area contributed by atoms with E-state index in [1.165, 1.54) is 0 Å². The molecular formula is C20H20N2O3. The lowest BCUT2D eigenvalue weighted by Gasteiger charge is -2.22. The highest BCUT2D eigenvalue weighted by Gasteiger charge is 2.40. The molecule has 2 aromatic carbocycles. The number of carbonyl (C=O) groups excluding carboxylic acids is 3.